The molecule has 0 heterocycles. The molecule has 0 bridgehead atoms. The van der Waals surface area contributed by atoms with Crippen LogP contribution in [0.25, 0.3) is 0 Å². The smallest absolute Gasteiger partial charge is 0.320 e. The number of hydrogen-bond donors (Lipinski definition) is 1. The molecule has 3 nitrogen and oxygen atoms in total. The summed E-state index contributed by atoms with van der Waals surface area (Å²) in [4.78, 5) is 11.7. The van der Waals surface area contributed by atoms with E-state index in [1.165, 1.54) is 0 Å². The molecule has 0 amide bonds. The minimum atomic E-state index is -0.782. The Kier molecular flexibility index (Phi) is 5.86. The number of halogens is 1. The van der Waals surface area contributed by atoms with Crippen LogP contribution in [0, 0.1) is 0 Å². The Bertz CT molecular complexity index is 95.0. The zero-order chi connectivity index (χ0) is 6.73. The van der Waals surface area contributed by atoms with Gasteiger partial charge in [0.15, 0.2) is 0 Å². The Labute approximate surface area is 61.1 Å². The summed E-state index contributed by atoms with van der Waals surface area (Å²) < 4.78 is 0. The standard InChI is InChI=1S/C5H11NO2.ClH/c1-4(5(7)8)6(2)3;/h4H,1-3H3,(H,7,8);1H/t4-;/m0./s1. The van der Waals surface area contributed by atoms with Crippen molar-refractivity contribution in [2.45, 2.75) is 13.0 Å². The molecule has 0 fully saturated rings. The number of carboxylic acids is 1. The highest BCUT2D eigenvalue weighted by atomic mass is 35.5. The van der Waals surface area contributed by atoms with Crippen molar-refractivity contribution in [3.8, 4) is 0 Å². The SMILES string of the molecule is C[C@@H](C(=O)O)N(C)C.Cl. The largest absolute Gasteiger partial charge is 0.480 e. The Hall–Kier alpha value is -0.280. The van der Waals surface area contributed by atoms with Gasteiger partial charge in [-0.25, -0.2) is 0 Å². The van der Waals surface area contributed by atoms with Gasteiger partial charge in [-0.2, -0.15) is 0 Å². The summed E-state index contributed by atoms with van der Waals surface area (Å²) >= 11 is 0. The molecule has 56 valence electrons. The van der Waals surface area contributed by atoms with Crippen LogP contribution in [0.15, 0.2) is 0 Å². The van der Waals surface area contributed by atoms with E-state index in [0.29, 0.717) is 0 Å². The second kappa shape index (κ2) is 4.58. The predicted octanol–water partition coefficient (Wildman–Crippen LogP) is 0.443. The molecule has 0 aliphatic carbocycles. The molecule has 0 saturated heterocycles. The fourth-order valence-electron chi connectivity index (χ4n) is 0.221. The van der Waals surface area contributed by atoms with Gasteiger partial charge >= 0.3 is 5.97 Å². The third-order valence-electron chi connectivity index (χ3n) is 1.13. The van der Waals surface area contributed by atoms with Crippen LogP contribution in [0.3, 0.4) is 0 Å². The lowest BCUT2D eigenvalue weighted by atomic mass is 10.3. The van der Waals surface area contributed by atoms with Gasteiger partial charge in [0, 0.05) is 0 Å². The van der Waals surface area contributed by atoms with E-state index < -0.39 is 5.97 Å². The van der Waals surface area contributed by atoms with Gasteiger partial charge in [-0.05, 0) is 21.0 Å². The molecule has 0 aromatic rings. The van der Waals surface area contributed by atoms with Crippen LogP contribution in [0.1, 0.15) is 6.92 Å². The van der Waals surface area contributed by atoms with E-state index >= 15 is 0 Å². The Morgan fingerprint density at radius 1 is 1.56 bits per heavy atom. The maximum absolute atomic E-state index is 10.1. The molecule has 1 atom stereocenters. The summed E-state index contributed by atoms with van der Waals surface area (Å²) in [6.45, 7) is 1.64. The number of nitrogens with zero attached hydrogens (tertiary/aromatic N) is 1. The van der Waals surface area contributed by atoms with Gasteiger partial charge in [0.1, 0.15) is 6.04 Å². The lowest BCUT2D eigenvalue weighted by molar-refractivity contribution is -0.141. The van der Waals surface area contributed by atoms with Crippen molar-refractivity contribution in [3.05, 3.63) is 0 Å². The highest BCUT2D eigenvalue weighted by Crippen LogP contribution is 1.88. The van der Waals surface area contributed by atoms with E-state index in [1.54, 1.807) is 25.9 Å². The quantitative estimate of drug-likeness (QED) is 0.626. The second-order valence-corrected chi connectivity index (χ2v) is 1.98. The summed E-state index contributed by atoms with van der Waals surface area (Å²) in [7, 11) is 3.47. The number of aliphatic carboxylic acids is 1. The summed E-state index contributed by atoms with van der Waals surface area (Å²) in [5.41, 5.74) is 0. The van der Waals surface area contributed by atoms with E-state index in [4.69, 9.17) is 5.11 Å². The third kappa shape index (κ3) is 4.24. The van der Waals surface area contributed by atoms with E-state index in [0.717, 1.165) is 0 Å². The fourth-order valence-corrected chi connectivity index (χ4v) is 0.221. The monoisotopic (exact) mass is 153 g/mol. The Morgan fingerprint density at radius 3 is 1.89 bits per heavy atom. The van der Waals surface area contributed by atoms with Crippen molar-refractivity contribution >= 4 is 18.4 Å². The molecule has 0 rings (SSSR count). The van der Waals surface area contributed by atoms with Crippen LogP contribution in [-0.2, 0) is 4.79 Å². The van der Waals surface area contributed by atoms with Crippen LogP contribution in [0.2, 0.25) is 0 Å². The molecule has 0 unspecified atom stereocenters. The van der Waals surface area contributed by atoms with Crippen LogP contribution < -0.4 is 0 Å². The molecule has 0 spiro atoms. The topological polar surface area (TPSA) is 40.5 Å². The maximum atomic E-state index is 10.1. The average molecular weight is 154 g/mol. The van der Waals surface area contributed by atoms with Crippen LogP contribution >= 0.6 is 12.4 Å². The minimum Gasteiger partial charge on any atom is -0.480 e. The van der Waals surface area contributed by atoms with Crippen molar-refractivity contribution in [2.75, 3.05) is 14.1 Å². The first-order chi connectivity index (χ1) is 3.55. The van der Waals surface area contributed by atoms with Gasteiger partial charge in [0.25, 0.3) is 0 Å². The first-order valence-corrected chi connectivity index (χ1v) is 2.45. The minimum absolute atomic E-state index is 0. The van der Waals surface area contributed by atoms with E-state index in [9.17, 15) is 4.79 Å². The first-order valence-electron chi connectivity index (χ1n) is 2.45. The van der Waals surface area contributed by atoms with Crippen molar-refractivity contribution in [1.82, 2.24) is 4.90 Å². The van der Waals surface area contributed by atoms with Crippen molar-refractivity contribution in [2.24, 2.45) is 0 Å². The van der Waals surface area contributed by atoms with Gasteiger partial charge in [-0.15, -0.1) is 12.4 Å². The average Bonchev–Trinajstić information content (AvgIpc) is 1.64. The van der Waals surface area contributed by atoms with Crippen molar-refractivity contribution < 1.29 is 9.90 Å². The molecule has 0 radical (unpaired) electrons. The normalized spacial score (nSPS) is 12.4. The van der Waals surface area contributed by atoms with E-state index in [-0.39, 0.29) is 18.4 Å². The van der Waals surface area contributed by atoms with Crippen LogP contribution in [0.4, 0.5) is 0 Å². The van der Waals surface area contributed by atoms with Crippen LogP contribution in [0.5, 0.6) is 0 Å². The molecule has 0 aliphatic heterocycles. The number of carboxylic acid groups (broad SMARTS) is 1. The summed E-state index contributed by atoms with van der Waals surface area (Å²) in [6, 6.07) is -0.380. The molecular weight excluding hydrogens is 142 g/mol. The van der Waals surface area contributed by atoms with E-state index in [2.05, 4.69) is 0 Å². The number of hydrogen-bond acceptors (Lipinski definition) is 2. The zero-order valence-electron chi connectivity index (χ0n) is 5.79. The first kappa shape index (κ1) is 11.5. The van der Waals surface area contributed by atoms with Crippen molar-refractivity contribution in [3.63, 3.8) is 0 Å². The van der Waals surface area contributed by atoms with Crippen molar-refractivity contribution in [1.29, 1.82) is 0 Å². The van der Waals surface area contributed by atoms with Gasteiger partial charge in [0.05, 0.1) is 0 Å². The number of carbonyl (C=O) groups is 1. The molecule has 4 heteroatoms. The lowest BCUT2D eigenvalue weighted by Crippen LogP contribution is -2.32. The zero-order valence-corrected chi connectivity index (χ0v) is 6.60. The molecular formula is C5H12ClNO2. The highest BCUT2D eigenvalue weighted by molar-refractivity contribution is 5.85. The maximum Gasteiger partial charge on any atom is 0.320 e. The molecule has 0 aromatic carbocycles. The molecule has 1 N–H and O–H groups in total. The highest BCUT2D eigenvalue weighted by Gasteiger charge is 2.11. The summed E-state index contributed by atoms with van der Waals surface area (Å²) in [6.07, 6.45) is 0. The van der Waals surface area contributed by atoms with Gasteiger partial charge in [-0.1, -0.05) is 0 Å². The predicted molar refractivity (Wildman–Crippen MR) is 38.0 cm³/mol. The van der Waals surface area contributed by atoms with Gasteiger partial charge < -0.3 is 5.11 Å². The van der Waals surface area contributed by atoms with E-state index in [1.807, 2.05) is 0 Å². The number of likely N-dealkylation sites (N-methyl/N-ethyl adjacent to an activating group) is 1. The molecule has 0 aliphatic rings. The van der Waals surface area contributed by atoms with Gasteiger partial charge in [-0.3, -0.25) is 9.69 Å². The summed E-state index contributed by atoms with van der Waals surface area (Å²) in [5, 5.41) is 8.31. The Balaban J connectivity index is 0. The molecule has 0 aromatic heterocycles. The third-order valence-corrected chi connectivity index (χ3v) is 1.13. The molecule has 0 saturated carbocycles. The van der Waals surface area contributed by atoms with Crippen LogP contribution in [-0.4, -0.2) is 36.1 Å². The second-order valence-electron chi connectivity index (χ2n) is 1.98. The number of rotatable bonds is 2. The Morgan fingerprint density at radius 2 is 1.89 bits per heavy atom. The fraction of sp³-hybridized carbons (Fsp3) is 0.800. The summed E-state index contributed by atoms with van der Waals surface area (Å²) in [5.74, 6) is -0.782. The molecule has 9 heavy (non-hydrogen) atoms. The van der Waals surface area contributed by atoms with Gasteiger partial charge in [0.2, 0.25) is 0 Å². The lowest BCUT2D eigenvalue weighted by Gasteiger charge is -2.13.